The summed E-state index contributed by atoms with van der Waals surface area (Å²) in [6.07, 6.45) is 3.63. The van der Waals surface area contributed by atoms with Crippen LogP contribution in [0.15, 0.2) is 24.4 Å². The van der Waals surface area contributed by atoms with E-state index in [0.29, 0.717) is 5.69 Å². The summed E-state index contributed by atoms with van der Waals surface area (Å²) >= 11 is 0. The first-order chi connectivity index (χ1) is 8.20. The summed E-state index contributed by atoms with van der Waals surface area (Å²) < 4.78 is 0. The highest BCUT2D eigenvalue weighted by molar-refractivity contribution is 5.33. The normalized spacial score (nSPS) is 10.8. The number of aliphatic hydroxyl groups excluding tert-OH is 1. The van der Waals surface area contributed by atoms with Crippen molar-refractivity contribution in [2.24, 2.45) is 0 Å². The molecule has 0 bridgehead atoms. The van der Waals surface area contributed by atoms with Gasteiger partial charge in [-0.3, -0.25) is 0 Å². The summed E-state index contributed by atoms with van der Waals surface area (Å²) in [5.74, 6) is 0.941. The van der Waals surface area contributed by atoms with Gasteiger partial charge in [-0.1, -0.05) is 18.2 Å². The van der Waals surface area contributed by atoms with Crippen LogP contribution in [0.2, 0.25) is 0 Å². The number of hydrogen-bond donors (Lipinski definition) is 2. The summed E-state index contributed by atoms with van der Waals surface area (Å²) in [5, 5.41) is 8.94. The van der Waals surface area contributed by atoms with Crippen molar-refractivity contribution < 1.29 is 5.11 Å². The number of aryl methyl sites for hydroxylation is 3. The predicted octanol–water partition coefficient (Wildman–Crippen LogP) is 2.30. The maximum absolute atomic E-state index is 8.94. The van der Waals surface area contributed by atoms with E-state index in [-0.39, 0.29) is 6.61 Å². The molecule has 2 N–H and O–H groups in total. The van der Waals surface area contributed by atoms with E-state index in [9.17, 15) is 0 Å². The van der Waals surface area contributed by atoms with E-state index in [1.54, 1.807) is 6.20 Å². The summed E-state index contributed by atoms with van der Waals surface area (Å²) in [5.41, 5.74) is 4.77. The third kappa shape index (κ3) is 2.74. The van der Waals surface area contributed by atoms with E-state index in [4.69, 9.17) is 5.11 Å². The van der Waals surface area contributed by atoms with Crippen LogP contribution in [0.5, 0.6) is 0 Å². The van der Waals surface area contributed by atoms with Crippen molar-refractivity contribution >= 4 is 0 Å². The molecule has 0 atom stereocenters. The SMILES string of the molecule is Cc1cccc(C)c1CCc1nc(CO)c[nH]1. The van der Waals surface area contributed by atoms with Gasteiger partial charge < -0.3 is 10.1 Å². The summed E-state index contributed by atoms with van der Waals surface area (Å²) in [6.45, 7) is 4.28. The molecule has 2 aromatic rings. The molecule has 3 heteroatoms. The fourth-order valence-electron chi connectivity index (χ4n) is 2.10. The quantitative estimate of drug-likeness (QED) is 0.846. The maximum atomic E-state index is 8.94. The number of aromatic nitrogens is 2. The summed E-state index contributed by atoms with van der Waals surface area (Å²) in [4.78, 5) is 7.39. The number of H-pyrrole nitrogens is 1. The zero-order chi connectivity index (χ0) is 12.3. The number of hydrogen-bond acceptors (Lipinski definition) is 2. The average Bonchev–Trinajstić information content (AvgIpc) is 2.76. The van der Waals surface area contributed by atoms with Gasteiger partial charge in [0.25, 0.3) is 0 Å². The third-order valence-corrected chi connectivity index (χ3v) is 3.10. The van der Waals surface area contributed by atoms with Crippen molar-refractivity contribution in [1.82, 2.24) is 9.97 Å². The van der Waals surface area contributed by atoms with Gasteiger partial charge in [0.2, 0.25) is 0 Å². The van der Waals surface area contributed by atoms with Crippen LogP contribution in [0, 0.1) is 13.8 Å². The molecule has 3 nitrogen and oxygen atoms in total. The summed E-state index contributed by atoms with van der Waals surface area (Å²) in [7, 11) is 0. The van der Waals surface area contributed by atoms with Crippen LogP contribution in [-0.2, 0) is 19.4 Å². The van der Waals surface area contributed by atoms with E-state index in [1.807, 2.05) is 0 Å². The molecule has 0 aliphatic carbocycles. The molecule has 0 saturated heterocycles. The molecule has 0 radical (unpaired) electrons. The number of aliphatic hydroxyl groups is 1. The second-order valence-electron chi connectivity index (χ2n) is 4.37. The lowest BCUT2D eigenvalue weighted by molar-refractivity contribution is 0.277. The van der Waals surface area contributed by atoms with E-state index >= 15 is 0 Å². The number of aromatic amines is 1. The second kappa shape index (κ2) is 5.15. The third-order valence-electron chi connectivity index (χ3n) is 3.10. The van der Waals surface area contributed by atoms with Gasteiger partial charge in [-0.2, -0.15) is 0 Å². The number of imidazole rings is 1. The molecule has 0 spiro atoms. The molecule has 0 aliphatic rings. The molecular weight excluding hydrogens is 212 g/mol. The van der Waals surface area contributed by atoms with Crippen molar-refractivity contribution in [2.75, 3.05) is 0 Å². The Morgan fingerprint density at radius 1 is 1.18 bits per heavy atom. The molecular formula is C14H18N2O. The Labute approximate surface area is 102 Å². The van der Waals surface area contributed by atoms with Crippen molar-refractivity contribution in [2.45, 2.75) is 33.3 Å². The second-order valence-corrected chi connectivity index (χ2v) is 4.37. The Bertz CT molecular complexity index is 482. The number of benzene rings is 1. The monoisotopic (exact) mass is 230 g/mol. The Morgan fingerprint density at radius 2 is 1.88 bits per heavy atom. The summed E-state index contributed by atoms with van der Waals surface area (Å²) in [6, 6.07) is 6.37. The number of nitrogens with one attached hydrogen (secondary N) is 1. The van der Waals surface area contributed by atoms with Crippen LogP contribution < -0.4 is 0 Å². The first kappa shape index (κ1) is 11.9. The van der Waals surface area contributed by atoms with Crippen molar-refractivity contribution in [3.63, 3.8) is 0 Å². The molecule has 0 unspecified atom stereocenters. The van der Waals surface area contributed by atoms with E-state index in [2.05, 4.69) is 42.0 Å². The van der Waals surface area contributed by atoms with Crippen molar-refractivity contribution in [3.8, 4) is 0 Å². The van der Waals surface area contributed by atoms with Gasteiger partial charge in [-0.25, -0.2) is 4.98 Å². The lowest BCUT2D eigenvalue weighted by Crippen LogP contribution is -1.98. The standard InChI is InChI=1S/C14H18N2O/c1-10-4-3-5-11(2)13(10)6-7-14-15-8-12(9-17)16-14/h3-5,8,17H,6-7,9H2,1-2H3,(H,15,16). The van der Waals surface area contributed by atoms with Crippen LogP contribution in [0.4, 0.5) is 0 Å². The molecule has 0 fully saturated rings. The number of nitrogens with zero attached hydrogens (tertiary/aromatic N) is 1. The van der Waals surface area contributed by atoms with Gasteiger partial charge in [0.15, 0.2) is 0 Å². The van der Waals surface area contributed by atoms with E-state index in [1.165, 1.54) is 16.7 Å². The van der Waals surface area contributed by atoms with E-state index in [0.717, 1.165) is 18.7 Å². The zero-order valence-electron chi connectivity index (χ0n) is 10.3. The fourth-order valence-corrected chi connectivity index (χ4v) is 2.10. The predicted molar refractivity (Wildman–Crippen MR) is 67.8 cm³/mol. The van der Waals surface area contributed by atoms with Crippen LogP contribution >= 0.6 is 0 Å². The van der Waals surface area contributed by atoms with Crippen molar-refractivity contribution in [3.05, 3.63) is 52.6 Å². The highest BCUT2D eigenvalue weighted by Crippen LogP contribution is 2.15. The first-order valence-electron chi connectivity index (χ1n) is 5.90. The maximum Gasteiger partial charge on any atom is 0.106 e. The molecule has 0 aliphatic heterocycles. The topological polar surface area (TPSA) is 48.9 Å². The van der Waals surface area contributed by atoms with E-state index < -0.39 is 0 Å². The highest BCUT2D eigenvalue weighted by atomic mass is 16.3. The molecule has 0 amide bonds. The zero-order valence-corrected chi connectivity index (χ0v) is 10.3. The molecule has 1 aromatic carbocycles. The van der Waals surface area contributed by atoms with Gasteiger partial charge in [0.1, 0.15) is 5.82 Å². The van der Waals surface area contributed by atoms with Crippen molar-refractivity contribution in [1.29, 1.82) is 0 Å². The largest absolute Gasteiger partial charge is 0.390 e. The minimum Gasteiger partial charge on any atom is -0.390 e. The smallest absolute Gasteiger partial charge is 0.106 e. The first-order valence-corrected chi connectivity index (χ1v) is 5.90. The van der Waals surface area contributed by atoms with Gasteiger partial charge in [0.05, 0.1) is 12.3 Å². The Balaban J connectivity index is 2.07. The lowest BCUT2D eigenvalue weighted by Gasteiger charge is -2.08. The fraction of sp³-hybridized carbons (Fsp3) is 0.357. The minimum absolute atomic E-state index is 0.000107. The van der Waals surface area contributed by atoms with Gasteiger partial charge in [0, 0.05) is 12.6 Å². The molecule has 0 saturated carbocycles. The molecule has 90 valence electrons. The van der Waals surface area contributed by atoms with Gasteiger partial charge >= 0.3 is 0 Å². The number of rotatable bonds is 4. The molecule has 1 aromatic heterocycles. The Kier molecular flexibility index (Phi) is 3.59. The Morgan fingerprint density at radius 3 is 2.47 bits per heavy atom. The lowest BCUT2D eigenvalue weighted by atomic mass is 9.99. The highest BCUT2D eigenvalue weighted by Gasteiger charge is 2.05. The van der Waals surface area contributed by atoms with Gasteiger partial charge in [-0.15, -0.1) is 0 Å². The van der Waals surface area contributed by atoms with Gasteiger partial charge in [-0.05, 0) is 37.0 Å². The van der Waals surface area contributed by atoms with Crippen LogP contribution in [0.3, 0.4) is 0 Å². The van der Waals surface area contributed by atoms with Crippen LogP contribution in [0.25, 0.3) is 0 Å². The van der Waals surface area contributed by atoms with Crippen LogP contribution in [0.1, 0.15) is 28.2 Å². The minimum atomic E-state index is -0.000107. The Hall–Kier alpha value is -1.61. The molecule has 2 rings (SSSR count). The molecule has 1 heterocycles. The van der Waals surface area contributed by atoms with Crippen LogP contribution in [-0.4, -0.2) is 15.1 Å². The molecule has 17 heavy (non-hydrogen) atoms. The average molecular weight is 230 g/mol.